The van der Waals surface area contributed by atoms with Gasteiger partial charge in [0.15, 0.2) is 0 Å². The van der Waals surface area contributed by atoms with E-state index in [2.05, 4.69) is 44.9 Å². The standard InChI is InChI=1S/C68H121N13O12/c1-26-28-29-43(13)57-56-61(85)71-49(27-2)64(88)73(19)47(17)63(87)77(23)54(44(14)37-80-30-32-81(33-31-80)42(11)12)60(84)72-53(41(9)10)67(91)74(20)50(34-38(3)4)59(83)69-45(15)58(82)70-46(16)62(86)75(21)51(35-39(5)6)65(89)76(22)52(36-40(7)8)66(90)78(24)55(48(18)93-57)68(92)79(56)25/h26,28,38-57H,27,29-37H2,1-25H3,(H,69,83)(H,70,82)(H,71,85)(H,72,84). The topological polar surface area (TPSA) is 274 Å². The highest BCUT2D eigenvalue weighted by atomic mass is 16.5. The second kappa shape index (κ2) is 36.1. The summed E-state index contributed by atoms with van der Waals surface area (Å²) >= 11 is 0. The molecule has 0 spiro atoms. The van der Waals surface area contributed by atoms with Crippen molar-refractivity contribution in [1.29, 1.82) is 0 Å². The van der Waals surface area contributed by atoms with E-state index in [1.54, 1.807) is 27.7 Å². The van der Waals surface area contributed by atoms with E-state index in [1.807, 2.05) is 74.5 Å². The van der Waals surface area contributed by atoms with Gasteiger partial charge in [-0.1, -0.05) is 88.3 Å². The van der Waals surface area contributed by atoms with E-state index < -0.39 is 161 Å². The Hall–Kier alpha value is -6.21. The molecule has 3 aliphatic heterocycles. The van der Waals surface area contributed by atoms with E-state index in [1.165, 1.54) is 104 Å². The van der Waals surface area contributed by atoms with Gasteiger partial charge in [0.2, 0.25) is 65.0 Å². The highest BCUT2D eigenvalue weighted by Gasteiger charge is 2.51. The minimum absolute atomic E-state index is 0.0648. The molecule has 15 atom stereocenters. The van der Waals surface area contributed by atoms with E-state index in [0.717, 1.165) is 13.1 Å². The van der Waals surface area contributed by atoms with Crippen molar-refractivity contribution < 1.29 is 57.5 Å². The fourth-order valence-corrected chi connectivity index (χ4v) is 13.1. The largest absolute Gasteiger partial charge is 0.370 e. The molecule has 0 radical (unpaired) electrons. The van der Waals surface area contributed by atoms with Gasteiger partial charge in [0, 0.05) is 88.1 Å². The van der Waals surface area contributed by atoms with Crippen LogP contribution in [0.3, 0.4) is 0 Å². The van der Waals surface area contributed by atoms with Gasteiger partial charge in [0.1, 0.15) is 66.5 Å². The first-order valence-corrected chi connectivity index (χ1v) is 34.0. The van der Waals surface area contributed by atoms with Crippen molar-refractivity contribution in [3.05, 3.63) is 12.2 Å². The fourth-order valence-electron chi connectivity index (χ4n) is 13.1. The van der Waals surface area contributed by atoms with Gasteiger partial charge < -0.3 is 65.2 Å². The van der Waals surface area contributed by atoms with Gasteiger partial charge >= 0.3 is 0 Å². The summed E-state index contributed by atoms with van der Waals surface area (Å²) in [6, 6.07) is -13.0. The molecule has 0 aromatic heterocycles. The molecule has 11 amide bonds. The van der Waals surface area contributed by atoms with Gasteiger partial charge in [-0.15, -0.1) is 0 Å². The molecule has 3 aliphatic rings. The molecule has 15 unspecified atom stereocenters. The van der Waals surface area contributed by atoms with E-state index in [9.17, 15) is 24.0 Å². The van der Waals surface area contributed by atoms with Crippen molar-refractivity contribution in [1.82, 2.24) is 65.4 Å². The first-order valence-electron chi connectivity index (χ1n) is 34.0. The maximum Gasteiger partial charge on any atom is 0.248 e. The minimum atomic E-state index is -1.34. The molecule has 530 valence electrons. The highest BCUT2D eigenvalue weighted by molar-refractivity contribution is 6.00. The van der Waals surface area contributed by atoms with Crippen LogP contribution in [0.1, 0.15) is 157 Å². The average molecular weight is 1310 g/mol. The van der Waals surface area contributed by atoms with Crippen LogP contribution in [-0.4, -0.2) is 276 Å². The SMILES string of the molecule is CC=CCC(C)C1OC(C)C2C(=O)N(C)C1C(=O)NC(CC)C(=O)N(C)C(C)C(=O)N(C)C(C(C)CN1CCN(C(C)C)CC1)C(=O)NC(C(C)C)C(=O)N(C)C(CC(C)C)C(=O)NC(C)C(=O)NC(C)C(=O)N(C)C(CC(C)C)C(=O)N(C)C(CC(C)C)C(=O)N2C. The van der Waals surface area contributed by atoms with Crippen LogP contribution >= 0.6 is 0 Å². The minimum Gasteiger partial charge on any atom is -0.370 e. The number of allylic oxidation sites excluding steroid dienone is 2. The maximum atomic E-state index is 15.3. The van der Waals surface area contributed by atoms with Crippen LogP contribution in [0.2, 0.25) is 0 Å². The molecule has 2 bridgehead atoms. The monoisotopic (exact) mass is 1310 g/mol. The molecular weight excluding hydrogens is 1190 g/mol. The molecule has 0 aliphatic carbocycles. The Morgan fingerprint density at radius 3 is 1.45 bits per heavy atom. The molecule has 25 nitrogen and oxygen atoms in total. The third-order valence-electron chi connectivity index (χ3n) is 19.2. The predicted octanol–water partition coefficient (Wildman–Crippen LogP) is 3.04. The van der Waals surface area contributed by atoms with Gasteiger partial charge in [-0.25, -0.2) is 0 Å². The highest BCUT2D eigenvalue weighted by Crippen LogP contribution is 2.30. The van der Waals surface area contributed by atoms with Crippen LogP contribution in [0.25, 0.3) is 0 Å². The summed E-state index contributed by atoms with van der Waals surface area (Å²) in [7, 11) is 10.3. The summed E-state index contributed by atoms with van der Waals surface area (Å²) in [5, 5.41) is 11.3. The van der Waals surface area contributed by atoms with Gasteiger partial charge in [0.05, 0.1) is 12.2 Å². The number of ether oxygens (including phenoxy) is 1. The predicted molar refractivity (Wildman–Crippen MR) is 359 cm³/mol. The molecule has 0 aromatic rings. The van der Waals surface area contributed by atoms with E-state index >= 15 is 28.8 Å². The van der Waals surface area contributed by atoms with Crippen molar-refractivity contribution in [2.24, 2.45) is 35.5 Å². The Kier molecular flexibility index (Phi) is 31.4. The summed E-state index contributed by atoms with van der Waals surface area (Å²) in [5.74, 6) is -8.90. The lowest BCUT2D eigenvalue weighted by atomic mass is 9.92. The second-order valence-electron chi connectivity index (χ2n) is 28.7. The van der Waals surface area contributed by atoms with E-state index in [4.69, 9.17) is 4.74 Å². The lowest BCUT2D eigenvalue weighted by Crippen LogP contribution is -2.63. The second-order valence-corrected chi connectivity index (χ2v) is 28.7. The maximum absolute atomic E-state index is 15.3. The fraction of sp³-hybridized carbons (Fsp3) is 0.809. The Labute approximate surface area is 556 Å². The molecule has 4 N–H and O–H groups in total. The lowest BCUT2D eigenvalue weighted by molar-refractivity contribution is -0.155. The number of rotatable bonds is 15. The number of nitrogens with one attached hydrogen (secondary N) is 4. The summed E-state index contributed by atoms with van der Waals surface area (Å²) in [6.45, 7) is 35.9. The number of piperazine rings is 1. The molecule has 3 fully saturated rings. The van der Waals surface area contributed by atoms with Crippen LogP contribution in [-0.2, 0) is 57.5 Å². The van der Waals surface area contributed by atoms with Crippen LogP contribution in [0.15, 0.2) is 12.2 Å². The molecule has 25 heteroatoms. The zero-order chi connectivity index (χ0) is 71.1. The number of carbonyl (C=O) groups excluding carboxylic acids is 11. The van der Waals surface area contributed by atoms with Gasteiger partial charge in [-0.05, 0) is 116 Å². The summed E-state index contributed by atoms with van der Waals surface area (Å²) < 4.78 is 6.81. The molecule has 3 saturated heterocycles. The quantitative estimate of drug-likeness (QED) is 0.172. The van der Waals surface area contributed by atoms with Crippen molar-refractivity contribution in [3.63, 3.8) is 0 Å². The normalized spacial score (nSPS) is 30.0. The molecule has 3 rings (SSSR count). The number of hydrogen-bond acceptors (Lipinski definition) is 14. The van der Waals surface area contributed by atoms with Crippen LogP contribution in [0, 0.1) is 35.5 Å². The molecule has 0 aromatic carbocycles. The Bertz CT molecular complexity index is 2610. The Morgan fingerprint density at radius 1 is 0.473 bits per heavy atom. The van der Waals surface area contributed by atoms with Crippen molar-refractivity contribution in [3.8, 4) is 0 Å². The number of likely N-dealkylation sites (N-methyl/N-ethyl adjacent to an activating group) is 7. The first-order chi connectivity index (χ1) is 43.2. The molecule has 0 saturated carbocycles. The smallest absolute Gasteiger partial charge is 0.248 e. The Morgan fingerprint density at radius 2 is 0.957 bits per heavy atom. The van der Waals surface area contributed by atoms with Crippen LogP contribution in [0.4, 0.5) is 0 Å². The van der Waals surface area contributed by atoms with Crippen LogP contribution < -0.4 is 21.3 Å². The van der Waals surface area contributed by atoms with Gasteiger partial charge in [-0.2, -0.15) is 0 Å². The molecular formula is C68H121N13O12. The number of hydrogen-bond donors (Lipinski definition) is 4. The lowest BCUT2D eigenvalue weighted by Gasteiger charge is -2.41. The number of nitrogens with zero attached hydrogens (tertiary/aromatic N) is 9. The van der Waals surface area contributed by atoms with E-state index in [0.29, 0.717) is 32.1 Å². The number of amides is 11. The zero-order valence-electron chi connectivity index (χ0n) is 61.2. The first kappa shape index (κ1) is 81.0. The Balaban J connectivity index is 2.34. The van der Waals surface area contributed by atoms with E-state index in [-0.39, 0.29) is 43.4 Å². The van der Waals surface area contributed by atoms with Crippen molar-refractivity contribution >= 4 is 65.0 Å². The van der Waals surface area contributed by atoms with Gasteiger partial charge in [-0.3, -0.25) is 57.6 Å². The van der Waals surface area contributed by atoms with Crippen LogP contribution in [0.5, 0.6) is 0 Å². The third kappa shape index (κ3) is 20.9. The zero-order valence-corrected chi connectivity index (χ0v) is 61.2. The average Bonchev–Trinajstić information content (AvgIpc) is 1.85. The van der Waals surface area contributed by atoms with Crippen molar-refractivity contribution in [2.75, 3.05) is 82.1 Å². The molecule has 93 heavy (non-hydrogen) atoms. The summed E-state index contributed by atoms with van der Waals surface area (Å²) in [4.78, 5) is 177. The molecule has 3 heterocycles. The summed E-state index contributed by atoms with van der Waals surface area (Å²) in [6.07, 6.45) is 2.77. The van der Waals surface area contributed by atoms with Gasteiger partial charge in [0.25, 0.3) is 0 Å². The van der Waals surface area contributed by atoms with Crippen molar-refractivity contribution in [2.45, 2.75) is 241 Å². The third-order valence-corrected chi connectivity index (χ3v) is 19.2. The number of carbonyl (C=O) groups is 11. The summed E-state index contributed by atoms with van der Waals surface area (Å²) in [5.41, 5.74) is 0. The number of fused-ring (bicyclic) bond motifs is 3.